The van der Waals surface area contributed by atoms with Crippen LogP contribution in [0.25, 0.3) is 0 Å². The smallest absolute Gasteiger partial charge is 0.475 e. The molecule has 3 saturated heterocycles. The molecule has 6 nitrogen and oxygen atoms in total. The number of hydrogen-bond acceptors (Lipinski definition) is 5. The molecule has 0 aromatic rings. The minimum absolute atomic E-state index is 0.273. The molecule has 3 atom stereocenters. The fraction of sp³-hybridized carbons (Fsp3) is 0.938. The maximum absolute atomic E-state index is 10.6. The van der Waals surface area contributed by atoms with E-state index in [1.54, 1.807) is 0 Å². The van der Waals surface area contributed by atoms with Gasteiger partial charge in [-0.25, -0.2) is 4.79 Å². The Bertz CT molecular complexity index is 428. The van der Waals surface area contributed by atoms with Gasteiger partial charge in [0.15, 0.2) is 0 Å². The third kappa shape index (κ3) is 5.80. The summed E-state index contributed by atoms with van der Waals surface area (Å²) in [6.07, 6.45) is 0.396. The Kier molecular flexibility index (Phi) is 7.48. The highest BCUT2D eigenvalue weighted by atomic mass is 19.4. The number of carboxylic acid groups (broad SMARTS) is 1. The van der Waals surface area contributed by atoms with Gasteiger partial charge in [0.25, 0.3) is 0 Å². The van der Waals surface area contributed by atoms with E-state index in [9.17, 15) is 13.2 Å². The van der Waals surface area contributed by atoms with E-state index in [-0.39, 0.29) is 6.10 Å². The molecule has 1 N–H and O–H groups in total. The second-order valence-corrected chi connectivity index (χ2v) is 6.63. The zero-order chi connectivity index (χ0) is 18.4. The van der Waals surface area contributed by atoms with Crippen LogP contribution in [0.15, 0.2) is 0 Å². The van der Waals surface area contributed by atoms with Crippen molar-refractivity contribution >= 4 is 5.97 Å². The molecule has 0 saturated carbocycles. The van der Waals surface area contributed by atoms with Crippen molar-refractivity contribution in [2.75, 3.05) is 40.0 Å². The summed E-state index contributed by atoms with van der Waals surface area (Å²) in [6.45, 7) is 5.04. The van der Waals surface area contributed by atoms with Gasteiger partial charge in [0.1, 0.15) is 6.10 Å². The van der Waals surface area contributed by atoms with Gasteiger partial charge in [-0.05, 0) is 31.6 Å². The average Bonchev–Trinajstić information content (AvgIpc) is 2.94. The number of rotatable bonds is 3. The van der Waals surface area contributed by atoms with E-state index in [1.807, 2.05) is 7.11 Å². The maximum Gasteiger partial charge on any atom is 0.490 e. The van der Waals surface area contributed by atoms with E-state index >= 15 is 0 Å². The first-order valence-corrected chi connectivity index (χ1v) is 8.59. The molecule has 0 bridgehead atoms. The van der Waals surface area contributed by atoms with Crippen molar-refractivity contribution in [2.24, 2.45) is 5.92 Å². The van der Waals surface area contributed by atoms with Gasteiger partial charge < -0.3 is 19.3 Å². The Morgan fingerprint density at radius 1 is 1.24 bits per heavy atom. The second-order valence-electron chi connectivity index (χ2n) is 6.63. The van der Waals surface area contributed by atoms with Crippen LogP contribution < -0.4 is 0 Å². The SMILES string of the molecule is CO[C@H]1CN(CC2CCOCC2)[C@@H]2CCCO[C@H]12.O=C(O)C(F)(F)F. The third-order valence-corrected chi connectivity index (χ3v) is 4.96. The van der Waals surface area contributed by atoms with Crippen LogP contribution in [0, 0.1) is 5.92 Å². The van der Waals surface area contributed by atoms with Crippen LogP contribution in [-0.4, -0.2) is 80.4 Å². The molecule has 0 amide bonds. The number of aliphatic carboxylic acids is 1. The predicted octanol–water partition coefficient (Wildman–Crippen LogP) is 1.92. The molecule has 3 aliphatic rings. The fourth-order valence-corrected chi connectivity index (χ4v) is 3.68. The number of nitrogens with zero attached hydrogens (tertiary/aromatic N) is 1. The van der Waals surface area contributed by atoms with E-state index in [0.29, 0.717) is 12.1 Å². The summed E-state index contributed by atoms with van der Waals surface area (Å²) in [5.41, 5.74) is 0. The lowest BCUT2D eigenvalue weighted by atomic mass is 9.97. The Hall–Kier alpha value is -0.900. The molecule has 0 aromatic heterocycles. The molecule has 3 heterocycles. The minimum Gasteiger partial charge on any atom is -0.475 e. The molecule has 0 aromatic carbocycles. The first-order valence-electron chi connectivity index (χ1n) is 8.59. The largest absolute Gasteiger partial charge is 0.490 e. The highest BCUT2D eigenvalue weighted by Gasteiger charge is 2.44. The summed E-state index contributed by atoms with van der Waals surface area (Å²) in [4.78, 5) is 11.5. The van der Waals surface area contributed by atoms with Crippen LogP contribution in [0.2, 0.25) is 0 Å². The van der Waals surface area contributed by atoms with Crippen molar-refractivity contribution in [3.63, 3.8) is 0 Å². The van der Waals surface area contributed by atoms with Crippen LogP contribution in [-0.2, 0) is 19.0 Å². The van der Waals surface area contributed by atoms with Gasteiger partial charge in [-0.3, -0.25) is 4.90 Å². The summed E-state index contributed by atoms with van der Waals surface area (Å²) < 4.78 is 48.7. The third-order valence-electron chi connectivity index (χ3n) is 4.96. The monoisotopic (exact) mass is 369 g/mol. The van der Waals surface area contributed by atoms with Crippen LogP contribution in [0.3, 0.4) is 0 Å². The van der Waals surface area contributed by atoms with Gasteiger partial charge in [0, 0.05) is 46.1 Å². The minimum atomic E-state index is -5.08. The number of carbonyl (C=O) groups is 1. The standard InChI is InChI=1S/C14H25NO3.C2HF3O2/c1-16-13-10-15(9-11-4-7-17-8-5-11)12-3-2-6-18-14(12)13;3-2(4,5)1(6)7/h11-14H,2-10H2,1H3;(H,6,7)/t12-,13+,14+;/m1./s1. The number of methoxy groups -OCH3 is 1. The van der Waals surface area contributed by atoms with Crippen molar-refractivity contribution in [3.8, 4) is 0 Å². The summed E-state index contributed by atoms with van der Waals surface area (Å²) in [5.74, 6) is -1.95. The van der Waals surface area contributed by atoms with E-state index in [2.05, 4.69) is 4.90 Å². The first kappa shape index (κ1) is 20.4. The predicted molar refractivity (Wildman–Crippen MR) is 82.4 cm³/mol. The fourth-order valence-electron chi connectivity index (χ4n) is 3.68. The topological polar surface area (TPSA) is 68.2 Å². The molecular formula is C16H26F3NO5. The number of hydrogen-bond donors (Lipinski definition) is 1. The van der Waals surface area contributed by atoms with Crippen LogP contribution in [0.4, 0.5) is 13.2 Å². The van der Waals surface area contributed by atoms with E-state index in [4.69, 9.17) is 24.1 Å². The molecule has 9 heteroatoms. The highest BCUT2D eigenvalue weighted by Crippen LogP contribution is 2.32. The zero-order valence-electron chi connectivity index (χ0n) is 14.3. The molecular weight excluding hydrogens is 343 g/mol. The van der Waals surface area contributed by atoms with Gasteiger partial charge in [-0.15, -0.1) is 0 Å². The van der Waals surface area contributed by atoms with Crippen LogP contribution in [0.5, 0.6) is 0 Å². The molecule has 0 aliphatic carbocycles. The van der Waals surface area contributed by atoms with Crippen molar-refractivity contribution in [1.82, 2.24) is 4.90 Å². The zero-order valence-corrected chi connectivity index (χ0v) is 14.3. The number of carboxylic acids is 1. The first-order chi connectivity index (χ1) is 11.8. The molecule has 3 rings (SSSR count). The molecule has 25 heavy (non-hydrogen) atoms. The van der Waals surface area contributed by atoms with Gasteiger partial charge in [0.05, 0.1) is 6.10 Å². The lowest BCUT2D eigenvalue weighted by Crippen LogP contribution is -2.43. The van der Waals surface area contributed by atoms with Crippen molar-refractivity contribution < 1.29 is 37.3 Å². The number of ether oxygens (including phenoxy) is 3. The molecule has 3 aliphatic heterocycles. The number of likely N-dealkylation sites (tertiary alicyclic amines) is 1. The lowest BCUT2D eigenvalue weighted by Gasteiger charge is -2.34. The summed E-state index contributed by atoms with van der Waals surface area (Å²) in [6, 6.07) is 0.589. The molecule has 146 valence electrons. The molecule has 0 radical (unpaired) electrons. The van der Waals surface area contributed by atoms with Crippen molar-refractivity contribution in [3.05, 3.63) is 0 Å². The van der Waals surface area contributed by atoms with Crippen molar-refractivity contribution in [2.45, 2.75) is 50.1 Å². The van der Waals surface area contributed by atoms with E-state index < -0.39 is 12.1 Å². The Labute approximate surface area is 145 Å². The Balaban J connectivity index is 0.000000277. The maximum atomic E-state index is 10.6. The molecule has 0 spiro atoms. The average molecular weight is 369 g/mol. The Morgan fingerprint density at radius 2 is 1.88 bits per heavy atom. The number of halogens is 3. The second kappa shape index (κ2) is 9.16. The van der Waals surface area contributed by atoms with E-state index in [0.717, 1.165) is 32.3 Å². The number of alkyl halides is 3. The van der Waals surface area contributed by atoms with Crippen LogP contribution in [0.1, 0.15) is 25.7 Å². The molecule has 0 unspecified atom stereocenters. The summed E-state index contributed by atoms with van der Waals surface area (Å²) >= 11 is 0. The number of fused-ring (bicyclic) bond motifs is 1. The summed E-state index contributed by atoms with van der Waals surface area (Å²) in [7, 11) is 1.82. The van der Waals surface area contributed by atoms with Crippen molar-refractivity contribution in [1.29, 1.82) is 0 Å². The van der Waals surface area contributed by atoms with Gasteiger partial charge >= 0.3 is 12.1 Å². The quantitative estimate of drug-likeness (QED) is 0.820. The van der Waals surface area contributed by atoms with Gasteiger partial charge in [0.2, 0.25) is 0 Å². The van der Waals surface area contributed by atoms with Gasteiger partial charge in [-0.1, -0.05) is 0 Å². The van der Waals surface area contributed by atoms with E-state index in [1.165, 1.54) is 32.2 Å². The normalized spacial score (nSPS) is 31.1. The molecule has 3 fully saturated rings. The summed E-state index contributed by atoms with van der Waals surface area (Å²) in [5, 5.41) is 7.12. The van der Waals surface area contributed by atoms with Gasteiger partial charge in [-0.2, -0.15) is 13.2 Å². The Morgan fingerprint density at radius 3 is 2.44 bits per heavy atom. The lowest BCUT2D eigenvalue weighted by molar-refractivity contribution is -0.192. The van der Waals surface area contributed by atoms with Crippen LogP contribution >= 0.6 is 0 Å². The highest BCUT2D eigenvalue weighted by molar-refractivity contribution is 5.73.